The summed E-state index contributed by atoms with van der Waals surface area (Å²) in [6, 6.07) is 13.0. The van der Waals surface area contributed by atoms with Crippen molar-refractivity contribution in [2.45, 2.75) is 19.9 Å². The number of halogens is 2. The van der Waals surface area contributed by atoms with Crippen LogP contribution in [0.4, 0.5) is 5.69 Å². The maximum absolute atomic E-state index is 12.6. The molecule has 3 rings (SSSR count). The molecule has 1 aromatic heterocycles. The van der Waals surface area contributed by atoms with Crippen molar-refractivity contribution in [1.82, 2.24) is 10.7 Å². The summed E-state index contributed by atoms with van der Waals surface area (Å²) >= 11 is 11.9. The van der Waals surface area contributed by atoms with Crippen LogP contribution in [-0.4, -0.2) is 29.0 Å². The average Bonchev–Trinajstić information content (AvgIpc) is 3.25. The minimum absolute atomic E-state index is 0.201. The number of amides is 2. The number of furan rings is 1. The minimum Gasteiger partial charge on any atom is -0.455 e. The normalized spacial score (nSPS) is 12.0. The lowest BCUT2D eigenvalue weighted by Crippen LogP contribution is -2.48. The second-order valence-corrected chi connectivity index (χ2v) is 8.37. The summed E-state index contributed by atoms with van der Waals surface area (Å²) in [5.41, 5.74) is 2.67. The number of benzene rings is 2. The van der Waals surface area contributed by atoms with E-state index >= 15 is 0 Å². The van der Waals surface area contributed by atoms with Crippen LogP contribution in [0.2, 0.25) is 10.0 Å². The third kappa shape index (κ3) is 6.00. The SMILES string of the molecule is CC(C)C(NC(=O)c1ccccc1Cl)C(=O)N/N=C\c1ccc(-c2ccc(Cl)cc2[N+](=O)[O-])o1. The summed E-state index contributed by atoms with van der Waals surface area (Å²) in [5, 5.41) is 18.3. The lowest BCUT2D eigenvalue weighted by atomic mass is 10.0. The van der Waals surface area contributed by atoms with Crippen LogP contribution in [-0.2, 0) is 4.79 Å². The Kier molecular flexibility index (Phi) is 8.04. The molecule has 0 aliphatic heterocycles. The molecule has 1 atom stereocenters. The van der Waals surface area contributed by atoms with E-state index in [0.29, 0.717) is 0 Å². The maximum Gasteiger partial charge on any atom is 0.281 e. The van der Waals surface area contributed by atoms with E-state index in [1.807, 2.05) is 0 Å². The number of nitrogens with zero attached hydrogens (tertiary/aromatic N) is 2. The monoisotopic (exact) mass is 502 g/mol. The zero-order valence-electron chi connectivity index (χ0n) is 18.1. The number of hydrazone groups is 1. The van der Waals surface area contributed by atoms with Crippen molar-refractivity contribution in [2.75, 3.05) is 0 Å². The molecule has 2 aromatic carbocycles. The quantitative estimate of drug-likeness (QED) is 0.252. The predicted octanol–water partition coefficient (Wildman–Crippen LogP) is 5.07. The first-order chi connectivity index (χ1) is 16.2. The zero-order valence-corrected chi connectivity index (χ0v) is 19.6. The molecule has 0 bridgehead atoms. The molecule has 9 nitrogen and oxygen atoms in total. The Morgan fingerprint density at radius 3 is 2.53 bits per heavy atom. The van der Waals surface area contributed by atoms with Gasteiger partial charge >= 0.3 is 0 Å². The van der Waals surface area contributed by atoms with Crippen molar-refractivity contribution in [3.8, 4) is 11.3 Å². The molecule has 1 heterocycles. The van der Waals surface area contributed by atoms with Gasteiger partial charge in [0.05, 0.1) is 27.3 Å². The van der Waals surface area contributed by atoms with Crippen LogP contribution in [0, 0.1) is 16.0 Å². The first-order valence-corrected chi connectivity index (χ1v) is 10.9. The van der Waals surface area contributed by atoms with Crippen LogP contribution in [0.15, 0.2) is 64.1 Å². The lowest BCUT2D eigenvalue weighted by molar-refractivity contribution is -0.384. The molecule has 34 heavy (non-hydrogen) atoms. The Morgan fingerprint density at radius 1 is 1.12 bits per heavy atom. The summed E-state index contributed by atoms with van der Waals surface area (Å²) in [5.74, 6) is -0.762. The minimum atomic E-state index is -0.871. The molecule has 0 aliphatic carbocycles. The molecule has 0 fully saturated rings. The average molecular weight is 503 g/mol. The molecule has 176 valence electrons. The molecule has 1 unspecified atom stereocenters. The fourth-order valence-corrected chi connectivity index (χ4v) is 3.45. The fraction of sp³-hybridized carbons (Fsp3) is 0.174. The third-order valence-corrected chi connectivity index (χ3v) is 5.33. The molecular formula is C23H20Cl2N4O5. The summed E-state index contributed by atoms with van der Waals surface area (Å²) in [6.45, 7) is 3.55. The van der Waals surface area contributed by atoms with Crippen LogP contribution in [0.3, 0.4) is 0 Å². The van der Waals surface area contributed by atoms with Gasteiger partial charge in [-0.1, -0.05) is 49.2 Å². The van der Waals surface area contributed by atoms with E-state index in [4.69, 9.17) is 27.6 Å². The van der Waals surface area contributed by atoms with Crippen LogP contribution >= 0.6 is 23.2 Å². The first-order valence-electron chi connectivity index (χ1n) is 10.1. The van der Waals surface area contributed by atoms with Crippen molar-refractivity contribution in [3.05, 3.63) is 86.1 Å². The molecule has 0 saturated heterocycles. The fourth-order valence-electron chi connectivity index (χ4n) is 3.06. The van der Waals surface area contributed by atoms with Crippen molar-refractivity contribution >= 4 is 46.9 Å². The van der Waals surface area contributed by atoms with Gasteiger partial charge in [0.25, 0.3) is 17.5 Å². The van der Waals surface area contributed by atoms with Gasteiger partial charge in [0.15, 0.2) is 0 Å². The number of hydrogen-bond acceptors (Lipinski definition) is 6. The number of rotatable bonds is 8. The topological polar surface area (TPSA) is 127 Å². The van der Waals surface area contributed by atoms with E-state index in [2.05, 4.69) is 15.8 Å². The Bertz CT molecular complexity index is 1260. The highest BCUT2D eigenvalue weighted by atomic mass is 35.5. The second kappa shape index (κ2) is 11.0. The molecular weight excluding hydrogens is 483 g/mol. The van der Waals surface area contributed by atoms with E-state index in [1.54, 1.807) is 50.2 Å². The first kappa shape index (κ1) is 24.9. The predicted molar refractivity (Wildman–Crippen MR) is 129 cm³/mol. The summed E-state index contributed by atoms with van der Waals surface area (Å²) in [7, 11) is 0. The smallest absolute Gasteiger partial charge is 0.281 e. The van der Waals surface area contributed by atoms with Crippen LogP contribution in [0.1, 0.15) is 30.0 Å². The molecule has 2 amide bonds. The van der Waals surface area contributed by atoms with E-state index < -0.39 is 22.8 Å². The molecule has 0 radical (unpaired) electrons. The van der Waals surface area contributed by atoms with Gasteiger partial charge in [-0.3, -0.25) is 19.7 Å². The van der Waals surface area contributed by atoms with E-state index in [9.17, 15) is 19.7 Å². The van der Waals surface area contributed by atoms with E-state index in [1.165, 1.54) is 24.4 Å². The van der Waals surface area contributed by atoms with Crippen LogP contribution < -0.4 is 10.7 Å². The highest BCUT2D eigenvalue weighted by Crippen LogP contribution is 2.33. The molecule has 3 aromatic rings. The van der Waals surface area contributed by atoms with Gasteiger partial charge in [-0.05, 0) is 42.3 Å². The van der Waals surface area contributed by atoms with Gasteiger partial charge in [0.2, 0.25) is 0 Å². The van der Waals surface area contributed by atoms with Crippen molar-refractivity contribution < 1.29 is 18.9 Å². The van der Waals surface area contributed by atoms with Gasteiger partial charge in [-0.25, -0.2) is 5.43 Å². The highest BCUT2D eigenvalue weighted by Gasteiger charge is 2.25. The van der Waals surface area contributed by atoms with Gasteiger partial charge in [0.1, 0.15) is 17.6 Å². The van der Waals surface area contributed by atoms with Gasteiger partial charge in [-0.2, -0.15) is 5.10 Å². The standard InChI is InChI=1S/C23H20Cl2N4O5/c1-13(2)21(27-22(30)16-5-3-4-6-18(16)25)23(31)28-26-12-15-8-10-20(34-15)17-9-7-14(24)11-19(17)29(32)33/h3-13,21H,1-2H3,(H,27,30)(H,28,31)/b26-12-. The van der Waals surface area contributed by atoms with Crippen molar-refractivity contribution in [1.29, 1.82) is 0 Å². The summed E-state index contributed by atoms with van der Waals surface area (Å²) in [6.07, 6.45) is 1.25. The maximum atomic E-state index is 12.6. The molecule has 0 saturated carbocycles. The highest BCUT2D eigenvalue weighted by molar-refractivity contribution is 6.33. The second-order valence-electron chi connectivity index (χ2n) is 7.53. The van der Waals surface area contributed by atoms with Gasteiger partial charge in [-0.15, -0.1) is 0 Å². The Balaban J connectivity index is 1.68. The lowest BCUT2D eigenvalue weighted by Gasteiger charge is -2.20. The van der Waals surface area contributed by atoms with Gasteiger partial charge < -0.3 is 9.73 Å². The molecule has 2 N–H and O–H groups in total. The van der Waals surface area contributed by atoms with Crippen molar-refractivity contribution in [3.63, 3.8) is 0 Å². The number of carbonyl (C=O) groups is 2. The number of nitro benzene ring substituents is 1. The Morgan fingerprint density at radius 2 is 1.85 bits per heavy atom. The number of hydrogen-bond donors (Lipinski definition) is 2. The summed E-state index contributed by atoms with van der Waals surface area (Å²) in [4.78, 5) is 35.9. The number of carbonyl (C=O) groups excluding carboxylic acids is 2. The van der Waals surface area contributed by atoms with Crippen molar-refractivity contribution in [2.24, 2.45) is 11.0 Å². The zero-order chi connectivity index (χ0) is 24.8. The number of nitro groups is 1. The number of nitrogens with one attached hydrogen (secondary N) is 2. The summed E-state index contributed by atoms with van der Waals surface area (Å²) < 4.78 is 5.59. The molecule has 0 aliphatic rings. The van der Waals surface area contributed by atoms with Crippen LogP contribution in [0.5, 0.6) is 0 Å². The molecule has 11 heteroatoms. The van der Waals surface area contributed by atoms with Gasteiger partial charge in [0, 0.05) is 11.1 Å². The Hall–Kier alpha value is -3.69. The van der Waals surface area contributed by atoms with E-state index in [0.717, 1.165) is 0 Å². The van der Waals surface area contributed by atoms with E-state index in [-0.39, 0.29) is 44.3 Å². The van der Waals surface area contributed by atoms with Crippen LogP contribution in [0.25, 0.3) is 11.3 Å². The Labute approximate surface area is 204 Å². The largest absolute Gasteiger partial charge is 0.455 e. The molecule has 0 spiro atoms. The third-order valence-electron chi connectivity index (χ3n) is 4.77.